The first kappa shape index (κ1) is 40.8. The molecule has 0 radical (unpaired) electrons. The lowest BCUT2D eigenvalue weighted by Crippen LogP contribution is -2.68. The predicted octanol–water partition coefficient (Wildman–Crippen LogP) is -0.376. The molecule has 6 rings (SSSR count). The highest BCUT2D eigenvalue weighted by molar-refractivity contribution is 6.31. The Morgan fingerprint density at radius 1 is 0.947 bits per heavy atom. The minimum absolute atomic E-state index is 0.0484. The van der Waals surface area contributed by atoms with Crippen LogP contribution < -0.4 is 32.0 Å². The van der Waals surface area contributed by atoms with Gasteiger partial charge in [-0.25, -0.2) is 9.97 Å². The Balaban J connectivity index is 1.39. The number of nitrogens with two attached hydrogens (primary N) is 3. The molecule has 0 spiro atoms. The number of nitrogens with zero attached hydrogens (tertiary/aromatic N) is 3. The maximum atomic E-state index is 14.6. The largest absolute Gasteiger partial charge is 0.507 e. The van der Waals surface area contributed by atoms with Crippen LogP contribution in [0.15, 0.2) is 53.8 Å². The molecule has 0 amide bonds. The smallest absolute Gasteiger partial charge is 0.229 e. The summed E-state index contributed by atoms with van der Waals surface area (Å²) in [6.07, 6.45) is -3.48. The average molecular weight is 788 g/mol. The number of aliphatic hydroxyl groups is 5. The van der Waals surface area contributed by atoms with Gasteiger partial charge in [0.15, 0.2) is 11.7 Å². The number of nitrogen functional groups attached to an aromatic ring is 2. The van der Waals surface area contributed by atoms with Gasteiger partial charge in [0.1, 0.15) is 52.8 Å². The summed E-state index contributed by atoms with van der Waals surface area (Å²) in [6.45, 7) is -1.64. The number of aryl methyl sites for hydroxylation is 3. The first-order valence-corrected chi connectivity index (χ1v) is 18.0. The quantitative estimate of drug-likeness (QED) is 0.0537. The van der Waals surface area contributed by atoms with Crippen molar-refractivity contribution in [3.63, 3.8) is 0 Å². The molecule has 5 atom stereocenters. The Hall–Kier alpha value is -5.89. The van der Waals surface area contributed by atoms with E-state index in [0.29, 0.717) is 23.4 Å². The summed E-state index contributed by atoms with van der Waals surface area (Å²) in [6, 6.07) is 9.36. The Labute approximate surface area is 326 Å². The van der Waals surface area contributed by atoms with Gasteiger partial charge in [0.25, 0.3) is 0 Å². The molecule has 1 saturated heterocycles. The van der Waals surface area contributed by atoms with Crippen molar-refractivity contribution in [3.05, 3.63) is 98.9 Å². The molecule has 1 aliphatic heterocycles. The van der Waals surface area contributed by atoms with Gasteiger partial charge in [0.2, 0.25) is 12.1 Å². The highest BCUT2D eigenvalue weighted by atomic mass is 16.7. The van der Waals surface area contributed by atoms with Crippen LogP contribution in [0.25, 0.3) is 0 Å². The number of aliphatic imine (C=N–C) groups is 1. The third kappa shape index (κ3) is 7.78. The van der Waals surface area contributed by atoms with Gasteiger partial charge >= 0.3 is 0 Å². The van der Waals surface area contributed by atoms with Crippen LogP contribution in [0.1, 0.15) is 66.1 Å². The maximum Gasteiger partial charge on any atom is 0.229 e. The zero-order valence-corrected chi connectivity index (χ0v) is 31.2. The molecule has 302 valence electrons. The number of aromatic hydroxyl groups is 1. The summed E-state index contributed by atoms with van der Waals surface area (Å²) in [5, 5.41) is 69.7. The van der Waals surface area contributed by atoms with Crippen LogP contribution in [0.2, 0.25) is 0 Å². The molecular formula is C39H45N7O11. The first-order valence-electron chi connectivity index (χ1n) is 18.0. The van der Waals surface area contributed by atoms with Crippen LogP contribution >= 0.6 is 0 Å². The van der Waals surface area contributed by atoms with Gasteiger partial charge in [-0.05, 0) is 66.6 Å². The average Bonchev–Trinajstić information content (AvgIpc) is 3.20. The van der Waals surface area contributed by atoms with Gasteiger partial charge in [-0.3, -0.25) is 14.6 Å². The molecule has 18 nitrogen and oxygen atoms in total. The van der Waals surface area contributed by atoms with Crippen LogP contribution in [-0.4, -0.2) is 109 Å². The fraction of sp³-hybridized carbons (Fsp3) is 0.359. The normalized spacial score (nSPS) is 21.8. The van der Waals surface area contributed by atoms with E-state index >= 15 is 0 Å². The number of hydrogen-bond acceptors (Lipinski definition) is 16. The Kier molecular flexibility index (Phi) is 11.9. The van der Waals surface area contributed by atoms with Crippen molar-refractivity contribution in [2.75, 3.05) is 32.2 Å². The first-order chi connectivity index (χ1) is 27.3. The molecular weight excluding hydrogens is 742 g/mol. The number of fused-ring (bicyclic) bond motifs is 2. The maximum absolute atomic E-state index is 14.6. The molecule has 4 aromatic rings. The van der Waals surface area contributed by atoms with Gasteiger partial charge in [-0.2, -0.15) is 0 Å². The summed E-state index contributed by atoms with van der Waals surface area (Å²) in [5.41, 5.74) is 16.2. The van der Waals surface area contributed by atoms with E-state index in [4.69, 9.17) is 31.4 Å². The zero-order chi connectivity index (χ0) is 41.2. The van der Waals surface area contributed by atoms with E-state index in [9.17, 15) is 40.2 Å². The van der Waals surface area contributed by atoms with E-state index < -0.39 is 66.3 Å². The van der Waals surface area contributed by atoms with Crippen LogP contribution in [0.3, 0.4) is 0 Å². The van der Waals surface area contributed by atoms with Crippen molar-refractivity contribution >= 4 is 29.2 Å². The van der Waals surface area contributed by atoms with E-state index in [1.165, 1.54) is 32.5 Å². The van der Waals surface area contributed by atoms with Gasteiger partial charge in [0.05, 0.1) is 31.5 Å². The van der Waals surface area contributed by atoms with E-state index in [1.807, 2.05) is 0 Å². The van der Waals surface area contributed by atoms with Crippen LogP contribution in [0, 0.1) is 0 Å². The Morgan fingerprint density at radius 3 is 2.37 bits per heavy atom. The monoisotopic (exact) mass is 787 g/mol. The van der Waals surface area contributed by atoms with Crippen molar-refractivity contribution in [2.24, 2.45) is 10.7 Å². The van der Waals surface area contributed by atoms with Gasteiger partial charge < -0.3 is 67.4 Å². The van der Waals surface area contributed by atoms with Crippen molar-refractivity contribution in [1.82, 2.24) is 15.3 Å². The number of rotatable bonds is 13. The Morgan fingerprint density at radius 2 is 1.72 bits per heavy atom. The predicted molar refractivity (Wildman–Crippen MR) is 205 cm³/mol. The third-order valence-electron chi connectivity index (χ3n) is 10.4. The lowest BCUT2D eigenvalue weighted by Gasteiger charge is -2.48. The standard InChI is InChI=1S/C39H45N7O11/c1-43-38(42)46-15-22-20(5-3-19-4-6-27(40)45-14-19)12-21-30(33(22)50)34(51)31-25(13-24(55-2)23(16-47)29(31)32(21)49)56-37-35(52)36(53)39(54,26(17-48)57-37)9-7-18-8-10-44-28(41)11-18/h4,6,8,10-14,26,35-37,47-48,50,52-54H,3,5,7,9,15-17H2,1-2H3,(H2,40,45)(H2,41,44)(H3,42,43,46). The zero-order valence-electron chi connectivity index (χ0n) is 31.2. The molecule has 13 N–H and O–H groups in total. The fourth-order valence-corrected chi connectivity index (χ4v) is 7.28. The number of methoxy groups -OCH3 is 1. The number of carbonyl (C=O) groups is 2. The molecule has 0 saturated carbocycles. The number of ether oxygens (including phenoxy) is 3. The molecule has 2 aromatic carbocycles. The van der Waals surface area contributed by atoms with Crippen LogP contribution in [0.4, 0.5) is 11.6 Å². The third-order valence-corrected chi connectivity index (χ3v) is 10.4. The summed E-state index contributed by atoms with van der Waals surface area (Å²) in [5.74, 6) is -1.98. The number of ketones is 2. The number of aromatic nitrogens is 2. The molecule has 18 heteroatoms. The highest BCUT2D eigenvalue weighted by Crippen LogP contribution is 2.45. The summed E-state index contributed by atoms with van der Waals surface area (Å²) in [4.78, 5) is 41.1. The molecule has 1 aliphatic carbocycles. The number of guanidine groups is 1. The SMILES string of the molecule is CN=C(N)NCc1c(CCc2ccc(N)nc2)cc2c(c1O)C(=O)c1c(OC3OC(CO)C(O)(CCc4ccnc(N)c4)C(O)C3O)cc(OC)c(CO)c1C2=O. The summed E-state index contributed by atoms with van der Waals surface area (Å²) in [7, 11) is 2.73. The van der Waals surface area contributed by atoms with Gasteiger partial charge in [-0.15, -0.1) is 0 Å². The highest BCUT2D eigenvalue weighted by Gasteiger charge is 2.55. The topological polar surface area (TPSA) is 311 Å². The molecule has 2 aromatic heterocycles. The fourth-order valence-electron chi connectivity index (χ4n) is 7.28. The number of carbonyl (C=O) groups excluding carboxylic acids is 2. The van der Waals surface area contributed by atoms with Crippen molar-refractivity contribution in [3.8, 4) is 17.2 Å². The number of phenolic OH excluding ortho intramolecular Hbond substituents is 1. The van der Waals surface area contributed by atoms with E-state index in [0.717, 1.165) is 5.56 Å². The summed E-state index contributed by atoms with van der Waals surface area (Å²) >= 11 is 0. The minimum atomic E-state index is -2.18. The molecule has 57 heavy (non-hydrogen) atoms. The van der Waals surface area contributed by atoms with Crippen LogP contribution in [0.5, 0.6) is 17.2 Å². The molecule has 0 bridgehead atoms. The van der Waals surface area contributed by atoms with E-state index in [1.54, 1.807) is 30.5 Å². The second-order valence-electron chi connectivity index (χ2n) is 13.8. The van der Waals surface area contributed by atoms with Gasteiger partial charge in [0, 0.05) is 54.3 Å². The lowest BCUT2D eigenvalue weighted by molar-refractivity contribution is -0.314. The lowest BCUT2D eigenvalue weighted by atomic mass is 9.78. The number of hydrogen-bond donors (Lipinski definition) is 10. The second kappa shape index (κ2) is 16.7. The molecule has 1 fully saturated rings. The Bertz CT molecular complexity index is 2200. The van der Waals surface area contributed by atoms with Crippen LogP contribution in [-0.2, 0) is 37.2 Å². The van der Waals surface area contributed by atoms with E-state index in [2.05, 4.69) is 20.3 Å². The number of aliphatic hydroxyl groups excluding tert-OH is 4. The number of pyridine rings is 2. The molecule has 5 unspecified atom stereocenters. The van der Waals surface area contributed by atoms with Crippen molar-refractivity contribution < 1.29 is 54.4 Å². The number of nitrogens with one attached hydrogen (secondary N) is 1. The molecule has 2 aliphatic rings. The minimum Gasteiger partial charge on any atom is -0.507 e. The van der Waals surface area contributed by atoms with Crippen molar-refractivity contribution in [2.45, 2.75) is 69.0 Å². The second-order valence-corrected chi connectivity index (χ2v) is 13.8. The number of anilines is 2. The number of phenols is 1. The number of benzene rings is 2. The summed E-state index contributed by atoms with van der Waals surface area (Å²) < 4.78 is 17.4. The molecule has 3 heterocycles. The van der Waals surface area contributed by atoms with Gasteiger partial charge in [-0.1, -0.05) is 6.07 Å². The van der Waals surface area contributed by atoms with E-state index in [-0.39, 0.29) is 76.9 Å². The van der Waals surface area contributed by atoms with Crippen molar-refractivity contribution in [1.29, 1.82) is 0 Å².